The lowest BCUT2D eigenvalue weighted by Gasteiger charge is -2.16. The van der Waals surface area contributed by atoms with Crippen LogP contribution < -0.4 is 0 Å². The Bertz CT molecular complexity index is 507. The first-order valence-electron chi connectivity index (χ1n) is 5.68. The molecule has 0 unspecified atom stereocenters. The molecule has 0 radical (unpaired) electrons. The van der Waals surface area contributed by atoms with Crippen molar-refractivity contribution in [1.82, 2.24) is 4.31 Å². The number of hydrogen-bond donors (Lipinski definition) is 1. The third-order valence-electron chi connectivity index (χ3n) is 2.59. The zero-order chi connectivity index (χ0) is 13.8. The van der Waals surface area contributed by atoms with E-state index in [0.717, 1.165) is 30.6 Å². The Morgan fingerprint density at radius 1 is 1.44 bits per heavy atom. The van der Waals surface area contributed by atoms with Crippen LogP contribution in [0.4, 0.5) is 0 Å². The Morgan fingerprint density at radius 3 is 2.67 bits per heavy atom. The molecule has 1 rings (SSSR count). The van der Waals surface area contributed by atoms with Gasteiger partial charge in [-0.2, -0.15) is 0 Å². The summed E-state index contributed by atoms with van der Waals surface area (Å²) < 4.78 is 25.6. The van der Waals surface area contributed by atoms with E-state index in [2.05, 4.69) is 0 Å². The summed E-state index contributed by atoms with van der Waals surface area (Å²) >= 11 is 0.925. The molecule has 0 aliphatic rings. The third-order valence-corrected chi connectivity index (χ3v) is 5.52. The highest BCUT2D eigenvalue weighted by Crippen LogP contribution is 2.24. The Kier molecular flexibility index (Phi) is 5.30. The maximum Gasteiger partial charge on any atom is 0.347 e. The van der Waals surface area contributed by atoms with Crippen LogP contribution in [0.5, 0.6) is 0 Å². The maximum atomic E-state index is 12.2. The van der Waals surface area contributed by atoms with E-state index < -0.39 is 16.0 Å². The molecule has 5 nitrogen and oxygen atoms in total. The normalized spacial score (nSPS) is 11.9. The van der Waals surface area contributed by atoms with Gasteiger partial charge in [-0.25, -0.2) is 17.5 Å². The van der Waals surface area contributed by atoms with Gasteiger partial charge in [0.15, 0.2) is 0 Å². The molecule has 0 saturated carbocycles. The van der Waals surface area contributed by atoms with E-state index in [9.17, 15) is 13.2 Å². The SMILES string of the molecule is CCCCCN(C)S(=O)(=O)c1ccsc1C(=O)O. The fourth-order valence-electron chi connectivity index (χ4n) is 1.53. The lowest BCUT2D eigenvalue weighted by Crippen LogP contribution is -2.28. The molecule has 1 aromatic rings. The van der Waals surface area contributed by atoms with E-state index in [4.69, 9.17) is 5.11 Å². The van der Waals surface area contributed by atoms with Gasteiger partial charge in [0.1, 0.15) is 9.77 Å². The maximum absolute atomic E-state index is 12.2. The number of thiophene rings is 1. The monoisotopic (exact) mass is 291 g/mol. The summed E-state index contributed by atoms with van der Waals surface area (Å²) in [7, 11) is -2.21. The molecule has 1 N–H and O–H groups in total. The second-order valence-electron chi connectivity index (χ2n) is 3.95. The summed E-state index contributed by atoms with van der Waals surface area (Å²) in [5, 5.41) is 10.4. The molecule has 0 atom stereocenters. The zero-order valence-electron chi connectivity index (χ0n) is 10.4. The fraction of sp³-hybridized carbons (Fsp3) is 0.545. The zero-order valence-corrected chi connectivity index (χ0v) is 12.1. The molecule has 18 heavy (non-hydrogen) atoms. The largest absolute Gasteiger partial charge is 0.477 e. The van der Waals surface area contributed by atoms with Crippen molar-refractivity contribution in [3.8, 4) is 0 Å². The summed E-state index contributed by atoms with van der Waals surface area (Å²) in [6.07, 6.45) is 2.74. The predicted molar refractivity (Wildman–Crippen MR) is 70.6 cm³/mol. The van der Waals surface area contributed by atoms with Crippen molar-refractivity contribution in [3.05, 3.63) is 16.3 Å². The average Bonchev–Trinajstić information content (AvgIpc) is 2.78. The second-order valence-corrected chi connectivity index (χ2v) is 6.88. The number of carbonyl (C=O) groups is 1. The molecule has 1 aromatic heterocycles. The van der Waals surface area contributed by atoms with Crippen LogP contribution >= 0.6 is 11.3 Å². The van der Waals surface area contributed by atoms with E-state index in [1.165, 1.54) is 22.8 Å². The highest BCUT2D eigenvalue weighted by molar-refractivity contribution is 7.89. The molecule has 0 fully saturated rings. The Hall–Kier alpha value is -0.920. The van der Waals surface area contributed by atoms with Gasteiger partial charge >= 0.3 is 5.97 Å². The number of carboxylic acids is 1. The van der Waals surface area contributed by atoms with Crippen molar-refractivity contribution >= 4 is 27.3 Å². The van der Waals surface area contributed by atoms with Crippen LogP contribution in [0.1, 0.15) is 35.9 Å². The quantitative estimate of drug-likeness (QED) is 0.782. The van der Waals surface area contributed by atoms with Gasteiger partial charge < -0.3 is 5.11 Å². The van der Waals surface area contributed by atoms with Crippen molar-refractivity contribution in [2.24, 2.45) is 0 Å². The number of nitrogens with zero attached hydrogens (tertiary/aromatic N) is 1. The van der Waals surface area contributed by atoms with Crippen LogP contribution in [0.3, 0.4) is 0 Å². The topological polar surface area (TPSA) is 74.7 Å². The van der Waals surface area contributed by atoms with Crippen LogP contribution in [-0.4, -0.2) is 37.4 Å². The van der Waals surface area contributed by atoms with Gasteiger partial charge in [-0.1, -0.05) is 19.8 Å². The molecule has 0 bridgehead atoms. The summed E-state index contributed by atoms with van der Waals surface area (Å²) in [6.45, 7) is 2.45. The molecule has 0 aromatic carbocycles. The molecule has 0 spiro atoms. The van der Waals surface area contributed by atoms with Crippen molar-refractivity contribution in [2.45, 2.75) is 31.1 Å². The van der Waals surface area contributed by atoms with Gasteiger partial charge in [0, 0.05) is 13.6 Å². The highest BCUT2D eigenvalue weighted by atomic mass is 32.2. The van der Waals surface area contributed by atoms with Gasteiger partial charge in [-0.15, -0.1) is 11.3 Å². The number of unbranched alkanes of at least 4 members (excludes halogenated alkanes) is 2. The number of rotatable bonds is 7. The van der Waals surface area contributed by atoms with Crippen LogP contribution in [0, 0.1) is 0 Å². The smallest absolute Gasteiger partial charge is 0.347 e. The molecular formula is C11H17NO4S2. The molecule has 102 valence electrons. The van der Waals surface area contributed by atoms with Gasteiger partial charge in [-0.3, -0.25) is 0 Å². The summed E-state index contributed by atoms with van der Waals surface area (Å²) in [6, 6.07) is 1.35. The standard InChI is InChI=1S/C11H17NO4S2/c1-3-4-5-7-12(2)18(15,16)9-6-8-17-10(9)11(13)14/h6,8H,3-5,7H2,1-2H3,(H,13,14). The first-order chi connectivity index (χ1) is 8.41. The first-order valence-corrected chi connectivity index (χ1v) is 8.00. The summed E-state index contributed by atoms with van der Waals surface area (Å²) in [5.41, 5.74) is 0. The molecule has 0 saturated heterocycles. The van der Waals surface area contributed by atoms with Crippen LogP contribution in [0.2, 0.25) is 0 Å². The van der Waals surface area contributed by atoms with Gasteiger partial charge in [0.05, 0.1) is 0 Å². The third kappa shape index (κ3) is 3.30. The Labute approximate surface area is 111 Å². The minimum absolute atomic E-state index is 0.112. The lowest BCUT2D eigenvalue weighted by molar-refractivity contribution is 0.0698. The fourth-order valence-corrected chi connectivity index (χ4v) is 3.97. The molecule has 7 heteroatoms. The van der Waals surface area contributed by atoms with Crippen molar-refractivity contribution in [1.29, 1.82) is 0 Å². The van der Waals surface area contributed by atoms with Gasteiger partial charge in [0.25, 0.3) is 0 Å². The molecular weight excluding hydrogens is 274 g/mol. The van der Waals surface area contributed by atoms with Gasteiger partial charge in [0.2, 0.25) is 10.0 Å². The second kappa shape index (κ2) is 6.31. The predicted octanol–water partition coefficient (Wildman–Crippen LogP) is 2.26. The number of carboxylic acid groups (broad SMARTS) is 1. The van der Waals surface area contributed by atoms with E-state index in [1.807, 2.05) is 6.92 Å². The van der Waals surface area contributed by atoms with Crippen LogP contribution in [0.15, 0.2) is 16.3 Å². The number of aromatic carboxylic acids is 1. The highest BCUT2D eigenvalue weighted by Gasteiger charge is 2.27. The van der Waals surface area contributed by atoms with E-state index in [0.29, 0.717) is 6.54 Å². The number of hydrogen-bond acceptors (Lipinski definition) is 4. The van der Waals surface area contributed by atoms with Crippen molar-refractivity contribution < 1.29 is 18.3 Å². The van der Waals surface area contributed by atoms with Crippen molar-refractivity contribution in [3.63, 3.8) is 0 Å². The molecule has 0 aliphatic carbocycles. The summed E-state index contributed by atoms with van der Waals surface area (Å²) in [5.74, 6) is -1.20. The molecule has 0 amide bonds. The lowest BCUT2D eigenvalue weighted by atomic mass is 10.2. The summed E-state index contributed by atoms with van der Waals surface area (Å²) in [4.78, 5) is 10.7. The minimum Gasteiger partial charge on any atom is -0.477 e. The first kappa shape index (κ1) is 15.1. The van der Waals surface area contributed by atoms with E-state index >= 15 is 0 Å². The minimum atomic E-state index is -3.69. The van der Waals surface area contributed by atoms with Gasteiger partial charge in [-0.05, 0) is 17.9 Å². The van der Waals surface area contributed by atoms with Crippen LogP contribution in [-0.2, 0) is 10.0 Å². The van der Waals surface area contributed by atoms with Crippen LogP contribution in [0.25, 0.3) is 0 Å². The molecule has 0 aliphatic heterocycles. The average molecular weight is 291 g/mol. The van der Waals surface area contributed by atoms with Crippen molar-refractivity contribution in [2.75, 3.05) is 13.6 Å². The Balaban J connectivity index is 2.92. The number of sulfonamides is 1. The van der Waals surface area contributed by atoms with E-state index in [1.54, 1.807) is 0 Å². The Morgan fingerprint density at radius 2 is 2.11 bits per heavy atom. The van der Waals surface area contributed by atoms with E-state index in [-0.39, 0.29) is 9.77 Å². The molecule has 1 heterocycles.